The lowest BCUT2D eigenvalue weighted by atomic mass is 10.1. The Bertz CT molecular complexity index is 590. The van der Waals surface area contributed by atoms with E-state index >= 15 is 0 Å². The Morgan fingerprint density at radius 3 is 2.85 bits per heavy atom. The summed E-state index contributed by atoms with van der Waals surface area (Å²) >= 11 is 1.65. The van der Waals surface area contributed by atoms with Gasteiger partial charge in [-0.2, -0.15) is 0 Å². The number of hydrogen-bond donors (Lipinski definition) is 1. The van der Waals surface area contributed by atoms with E-state index in [9.17, 15) is 4.79 Å². The molecular weight excluding hydrogens is 268 g/mol. The lowest BCUT2D eigenvalue weighted by molar-refractivity contribution is -0.120. The van der Waals surface area contributed by atoms with E-state index < -0.39 is 0 Å². The van der Waals surface area contributed by atoms with Crippen LogP contribution < -0.4 is 5.32 Å². The van der Waals surface area contributed by atoms with E-state index in [1.807, 2.05) is 36.6 Å². The molecule has 20 heavy (non-hydrogen) atoms. The molecule has 0 saturated heterocycles. The zero-order valence-corrected chi connectivity index (χ0v) is 13.0. The molecule has 4 heteroatoms. The second kappa shape index (κ2) is 6.66. The molecule has 0 aliphatic carbocycles. The van der Waals surface area contributed by atoms with Crippen molar-refractivity contribution >= 4 is 17.2 Å². The first-order chi connectivity index (χ1) is 9.54. The van der Waals surface area contributed by atoms with Gasteiger partial charge >= 0.3 is 0 Å². The van der Waals surface area contributed by atoms with E-state index in [2.05, 4.69) is 24.1 Å². The van der Waals surface area contributed by atoms with Gasteiger partial charge in [0, 0.05) is 11.3 Å². The van der Waals surface area contributed by atoms with E-state index in [-0.39, 0.29) is 5.91 Å². The zero-order valence-electron chi connectivity index (χ0n) is 12.1. The second-order valence-electron chi connectivity index (χ2n) is 5.27. The lowest BCUT2D eigenvalue weighted by Crippen LogP contribution is -2.24. The first-order valence-electron chi connectivity index (χ1n) is 6.81. The summed E-state index contributed by atoms with van der Waals surface area (Å²) in [6.07, 6.45) is 0.419. The Balaban J connectivity index is 1.85. The van der Waals surface area contributed by atoms with Crippen LogP contribution in [0.5, 0.6) is 0 Å². The molecule has 0 unspecified atom stereocenters. The molecule has 1 heterocycles. The molecule has 0 aliphatic rings. The van der Waals surface area contributed by atoms with Crippen molar-refractivity contribution in [2.24, 2.45) is 0 Å². The van der Waals surface area contributed by atoms with Gasteiger partial charge in [0.1, 0.15) is 0 Å². The van der Waals surface area contributed by atoms with Crippen LogP contribution in [0.15, 0.2) is 29.6 Å². The number of amides is 1. The van der Waals surface area contributed by atoms with Gasteiger partial charge in [-0.3, -0.25) is 4.79 Å². The number of thiazole rings is 1. The van der Waals surface area contributed by atoms with Crippen LogP contribution >= 0.6 is 11.3 Å². The average Bonchev–Trinajstić information content (AvgIpc) is 2.85. The van der Waals surface area contributed by atoms with Crippen molar-refractivity contribution in [1.29, 1.82) is 0 Å². The third kappa shape index (κ3) is 4.17. The summed E-state index contributed by atoms with van der Waals surface area (Å²) < 4.78 is 0. The van der Waals surface area contributed by atoms with Crippen molar-refractivity contribution in [2.75, 3.05) is 0 Å². The summed E-state index contributed by atoms with van der Waals surface area (Å²) in [5, 5.41) is 6.06. The molecule has 0 aliphatic heterocycles. The molecule has 0 atom stereocenters. The number of carbonyl (C=O) groups excluding carboxylic acids is 1. The second-order valence-corrected chi connectivity index (χ2v) is 6.16. The predicted molar refractivity (Wildman–Crippen MR) is 82.9 cm³/mol. The average molecular weight is 288 g/mol. The van der Waals surface area contributed by atoms with Gasteiger partial charge in [0.25, 0.3) is 0 Å². The van der Waals surface area contributed by atoms with Crippen molar-refractivity contribution in [3.8, 4) is 0 Å². The van der Waals surface area contributed by atoms with Crippen LogP contribution in [-0.2, 0) is 17.8 Å². The van der Waals surface area contributed by atoms with Crippen LogP contribution in [-0.4, -0.2) is 10.9 Å². The first kappa shape index (κ1) is 14.7. The van der Waals surface area contributed by atoms with Gasteiger partial charge < -0.3 is 5.32 Å². The Kier molecular flexibility index (Phi) is 4.90. The maximum atomic E-state index is 11.9. The van der Waals surface area contributed by atoms with E-state index in [4.69, 9.17) is 0 Å². The standard InChI is InChI=1S/C16H20N2OS/c1-11(2)16-18-14(10-20-16)9-17-15(19)8-13-6-4-5-12(3)7-13/h4-7,10-11H,8-9H2,1-3H3,(H,17,19). The Hall–Kier alpha value is -1.68. The summed E-state index contributed by atoms with van der Waals surface area (Å²) in [7, 11) is 0. The summed E-state index contributed by atoms with van der Waals surface area (Å²) in [6, 6.07) is 8.03. The van der Waals surface area contributed by atoms with Gasteiger partial charge in [-0.15, -0.1) is 11.3 Å². The van der Waals surface area contributed by atoms with Gasteiger partial charge in [0.15, 0.2) is 0 Å². The molecule has 0 fully saturated rings. The highest BCUT2D eigenvalue weighted by Gasteiger charge is 2.08. The van der Waals surface area contributed by atoms with E-state index in [0.29, 0.717) is 18.9 Å². The fraction of sp³-hybridized carbons (Fsp3) is 0.375. The lowest BCUT2D eigenvalue weighted by Gasteiger charge is -2.04. The molecule has 1 aromatic carbocycles. The van der Waals surface area contributed by atoms with Crippen molar-refractivity contribution < 1.29 is 4.79 Å². The van der Waals surface area contributed by atoms with Crippen molar-refractivity contribution in [3.63, 3.8) is 0 Å². The van der Waals surface area contributed by atoms with Crippen LogP contribution in [0.4, 0.5) is 0 Å². The maximum absolute atomic E-state index is 11.9. The van der Waals surface area contributed by atoms with Crippen LogP contribution in [0.1, 0.15) is 41.6 Å². The Labute approximate surface area is 124 Å². The minimum atomic E-state index is 0.0368. The molecule has 2 rings (SSSR count). The highest BCUT2D eigenvalue weighted by Crippen LogP contribution is 2.18. The molecule has 1 amide bonds. The molecule has 106 valence electrons. The van der Waals surface area contributed by atoms with Gasteiger partial charge in [-0.1, -0.05) is 43.7 Å². The largest absolute Gasteiger partial charge is 0.350 e. The summed E-state index contributed by atoms with van der Waals surface area (Å²) in [4.78, 5) is 16.4. The highest BCUT2D eigenvalue weighted by molar-refractivity contribution is 7.09. The van der Waals surface area contributed by atoms with Crippen LogP contribution in [0.2, 0.25) is 0 Å². The quantitative estimate of drug-likeness (QED) is 0.916. The number of rotatable bonds is 5. The minimum Gasteiger partial charge on any atom is -0.350 e. The predicted octanol–water partition coefficient (Wildman–Crippen LogP) is 3.43. The van der Waals surface area contributed by atoms with E-state index in [1.54, 1.807) is 11.3 Å². The van der Waals surface area contributed by atoms with Crippen molar-refractivity contribution in [3.05, 3.63) is 51.5 Å². The topological polar surface area (TPSA) is 42.0 Å². The van der Waals surface area contributed by atoms with E-state index in [1.165, 1.54) is 5.56 Å². The zero-order chi connectivity index (χ0) is 14.5. The Morgan fingerprint density at radius 2 is 2.20 bits per heavy atom. The molecule has 1 N–H and O–H groups in total. The number of aromatic nitrogens is 1. The van der Waals surface area contributed by atoms with Crippen LogP contribution in [0.25, 0.3) is 0 Å². The van der Waals surface area contributed by atoms with Gasteiger partial charge in [0.2, 0.25) is 5.91 Å². The summed E-state index contributed by atoms with van der Waals surface area (Å²) in [5.74, 6) is 0.478. The van der Waals surface area contributed by atoms with Crippen molar-refractivity contribution in [2.45, 2.75) is 39.7 Å². The summed E-state index contributed by atoms with van der Waals surface area (Å²) in [5.41, 5.74) is 3.16. The number of carbonyl (C=O) groups is 1. The molecule has 0 saturated carbocycles. The smallest absolute Gasteiger partial charge is 0.224 e. The third-order valence-electron chi connectivity index (χ3n) is 2.98. The molecule has 0 bridgehead atoms. The number of hydrogen-bond acceptors (Lipinski definition) is 3. The fourth-order valence-corrected chi connectivity index (χ4v) is 2.76. The van der Waals surface area contributed by atoms with Crippen LogP contribution in [0, 0.1) is 6.92 Å². The molecule has 2 aromatic rings. The molecule has 0 spiro atoms. The highest BCUT2D eigenvalue weighted by atomic mass is 32.1. The molecule has 0 radical (unpaired) electrons. The SMILES string of the molecule is Cc1cccc(CC(=O)NCc2csc(C(C)C)n2)c1. The maximum Gasteiger partial charge on any atom is 0.224 e. The fourth-order valence-electron chi connectivity index (χ4n) is 1.93. The normalized spacial score (nSPS) is 10.8. The molecule has 1 aromatic heterocycles. The van der Waals surface area contributed by atoms with E-state index in [0.717, 1.165) is 16.3 Å². The third-order valence-corrected chi connectivity index (χ3v) is 4.17. The van der Waals surface area contributed by atoms with Gasteiger partial charge in [-0.25, -0.2) is 4.98 Å². The monoisotopic (exact) mass is 288 g/mol. The molecular formula is C16H20N2OS. The number of nitrogens with zero attached hydrogens (tertiary/aromatic N) is 1. The van der Waals surface area contributed by atoms with Gasteiger partial charge in [0.05, 0.1) is 23.7 Å². The molecule has 3 nitrogen and oxygen atoms in total. The van der Waals surface area contributed by atoms with Crippen LogP contribution in [0.3, 0.4) is 0 Å². The minimum absolute atomic E-state index is 0.0368. The number of aryl methyl sites for hydroxylation is 1. The number of nitrogens with one attached hydrogen (secondary N) is 1. The summed E-state index contributed by atoms with van der Waals surface area (Å²) in [6.45, 7) is 6.79. The Morgan fingerprint density at radius 1 is 1.40 bits per heavy atom. The van der Waals surface area contributed by atoms with Gasteiger partial charge in [-0.05, 0) is 12.5 Å². The van der Waals surface area contributed by atoms with Crippen molar-refractivity contribution in [1.82, 2.24) is 10.3 Å². The first-order valence-corrected chi connectivity index (χ1v) is 7.69. The number of benzene rings is 1.